The van der Waals surface area contributed by atoms with Gasteiger partial charge in [-0.1, -0.05) is 72.8 Å². The van der Waals surface area contributed by atoms with Crippen LogP contribution >= 0.6 is 22.6 Å². The molecule has 0 fully saturated rings. The highest BCUT2D eigenvalue weighted by molar-refractivity contribution is 14.1. The van der Waals surface area contributed by atoms with Crippen LogP contribution in [-0.2, 0) is 40.3 Å². The SMILES string of the molecule is NC(=O)[C@H](Cc1ccccc1I)NC(=O)[C@@H]1Cc2ccccc2CN1C(=O)OCc1ccccc1. The summed E-state index contributed by atoms with van der Waals surface area (Å²) in [6.07, 6.45) is -0.00427. The van der Waals surface area contributed by atoms with E-state index in [2.05, 4.69) is 27.9 Å². The van der Waals surface area contributed by atoms with Gasteiger partial charge in [0.2, 0.25) is 11.8 Å². The van der Waals surface area contributed by atoms with E-state index >= 15 is 0 Å². The van der Waals surface area contributed by atoms with Crippen molar-refractivity contribution in [1.29, 1.82) is 0 Å². The molecular weight excluding hydrogens is 557 g/mol. The molecular formula is C27H26IN3O4. The van der Waals surface area contributed by atoms with E-state index in [9.17, 15) is 14.4 Å². The Morgan fingerprint density at radius 3 is 2.34 bits per heavy atom. The first-order valence-electron chi connectivity index (χ1n) is 11.3. The number of fused-ring (bicyclic) bond motifs is 1. The van der Waals surface area contributed by atoms with Crippen LogP contribution in [0.3, 0.4) is 0 Å². The lowest BCUT2D eigenvalue weighted by Crippen LogP contribution is -2.56. The van der Waals surface area contributed by atoms with E-state index in [0.29, 0.717) is 6.42 Å². The van der Waals surface area contributed by atoms with E-state index in [-0.39, 0.29) is 19.6 Å². The number of nitrogens with two attached hydrogens (primary N) is 1. The molecule has 1 aliphatic heterocycles. The first-order chi connectivity index (χ1) is 16.9. The molecule has 1 aliphatic rings. The Hall–Kier alpha value is -3.40. The second-order valence-electron chi connectivity index (χ2n) is 8.42. The fourth-order valence-corrected chi connectivity index (χ4v) is 4.73. The highest BCUT2D eigenvalue weighted by Gasteiger charge is 2.37. The molecule has 180 valence electrons. The van der Waals surface area contributed by atoms with Crippen LogP contribution in [-0.4, -0.2) is 34.9 Å². The van der Waals surface area contributed by atoms with Crippen LogP contribution in [0.25, 0.3) is 0 Å². The zero-order chi connectivity index (χ0) is 24.8. The number of nitrogens with zero attached hydrogens (tertiary/aromatic N) is 1. The first kappa shape index (κ1) is 24.7. The van der Waals surface area contributed by atoms with Crippen LogP contribution in [0.5, 0.6) is 0 Å². The zero-order valence-corrected chi connectivity index (χ0v) is 21.2. The van der Waals surface area contributed by atoms with Crippen molar-refractivity contribution < 1.29 is 19.1 Å². The molecule has 0 aliphatic carbocycles. The van der Waals surface area contributed by atoms with Gasteiger partial charge >= 0.3 is 6.09 Å². The molecule has 4 rings (SSSR count). The maximum absolute atomic E-state index is 13.4. The minimum absolute atomic E-state index is 0.0997. The average Bonchev–Trinajstić information content (AvgIpc) is 2.87. The van der Waals surface area contributed by atoms with Crippen molar-refractivity contribution in [2.75, 3.05) is 0 Å². The van der Waals surface area contributed by atoms with Crippen LogP contribution in [0, 0.1) is 3.57 Å². The molecule has 3 N–H and O–H groups in total. The van der Waals surface area contributed by atoms with Gasteiger partial charge in [0, 0.05) is 16.4 Å². The van der Waals surface area contributed by atoms with E-state index in [1.807, 2.05) is 78.9 Å². The third kappa shape index (κ3) is 6.19. The van der Waals surface area contributed by atoms with Crippen molar-refractivity contribution in [1.82, 2.24) is 10.2 Å². The van der Waals surface area contributed by atoms with Crippen molar-refractivity contribution in [3.05, 3.63) is 105 Å². The summed E-state index contributed by atoms with van der Waals surface area (Å²) in [5, 5.41) is 2.79. The van der Waals surface area contributed by atoms with Gasteiger partial charge in [-0.3, -0.25) is 14.5 Å². The lowest BCUT2D eigenvalue weighted by molar-refractivity contribution is -0.131. The predicted octanol–water partition coefficient (Wildman–Crippen LogP) is 3.57. The number of halogens is 1. The predicted molar refractivity (Wildman–Crippen MR) is 140 cm³/mol. The molecule has 2 atom stereocenters. The summed E-state index contributed by atoms with van der Waals surface area (Å²) in [6, 6.07) is 22.9. The summed E-state index contributed by atoms with van der Waals surface area (Å²) in [6.45, 7) is 0.336. The van der Waals surface area contributed by atoms with E-state index in [0.717, 1.165) is 25.8 Å². The number of nitrogens with one attached hydrogen (secondary N) is 1. The fraction of sp³-hybridized carbons (Fsp3) is 0.222. The second kappa shape index (κ2) is 11.4. The highest BCUT2D eigenvalue weighted by Crippen LogP contribution is 2.25. The lowest BCUT2D eigenvalue weighted by atomic mass is 9.93. The third-order valence-corrected chi connectivity index (χ3v) is 7.09. The summed E-state index contributed by atoms with van der Waals surface area (Å²) in [5.41, 5.74) is 9.33. The molecule has 3 aromatic carbocycles. The van der Waals surface area contributed by atoms with Crippen LogP contribution in [0.1, 0.15) is 22.3 Å². The number of hydrogen-bond donors (Lipinski definition) is 2. The minimum atomic E-state index is -0.905. The number of amides is 3. The average molecular weight is 583 g/mol. The maximum atomic E-state index is 13.4. The molecule has 3 aromatic rings. The lowest BCUT2D eigenvalue weighted by Gasteiger charge is -2.35. The van der Waals surface area contributed by atoms with Crippen LogP contribution < -0.4 is 11.1 Å². The number of primary amides is 1. The molecule has 1 heterocycles. The van der Waals surface area contributed by atoms with Crippen LogP contribution in [0.15, 0.2) is 78.9 Å². The number of benzene rings is 3. The maximum Gasteiger partial charge on any atom is 0.411 e. The van der Waals surface area contributed by atoms with Gasteiger partial charge in [-0.05, 0) is 50.9 Å². The Morgan fingerprint density at radius 2 is 1.63 bits per heavy atom. The molecule has 0 aromatic heterocycles. The molecule has 8 heteroatoms. The topological polar surface area (TPSA) is 102 Å². The molecule has 35 heavy (non-hydrogen) atoms. The smallest absolute Gasteiger partial charge is 0.411 e. The Balaban J connectivity index is 1.52. The molecule has 0 saturated carbocycles. The largest absolute Gasteiger partial charge is 0.445 e. The van der Waals surface area contributed by atoms with Crippen molar-refractivity contribution in [2.24, 2.45) is 5.73 Å². The molecule has 0 radical (unpaired) electrons. The van der Waals surface area contributed by atoms with Crippen molar-refractivity contribution in [3.63, 3.8) is 0 Å². The summed E-state index contributed by atoms with van der Waals surface area (Å²) >= 11 is 2.19. The van der Waals surface area contributed by atoms with Gasteiger partial charge in [0.1, 0.15) is 18.7 Å². The van der Waals surface area contributed by atoms with Gasteiger partial charge in [-0.2, -0.15) is 0 Å². The van der Waals surface area contributed by atoms with Gasteiger partial charge < -0.3 is 15.8 Å². The standard InChI is InChI=1S/C27H26IN3O4/c28-22-13-7-6-11-20(22)14-23(25(29)32)30-26(33)24-15-19-10-4-5-12-21(19)16-31(24)27(34)35-17-18-8-2-1-3-9-18/h1-13,23-24H,14-17H2,(H2,29,32)(H,30,33)/t23-,24-/m0/s1. The summed E-state index contributed by atoms with van der Waals surface area (Å²) in [5.74, 6) is -1.07. The number of ether oxygens (including phenoxy) is 1. The van der Waals surface area contributed by atoms with Crippen molar-refractivity contribution in [2.45, 2.75) is 38.1 Å². The quantitative estimate of drug-likeness (QED) is 0.416. The Bertz CT molecular complexity index is 1220. The third-order valence-electron chi connectivity index (χ3n) is 6.03. The number of rotatable bonds is 7. The van der Waals surface area contributed by atoms with Gasteiger partial charge in [0.05, 0.1) is 6.54 Å². The Morgan fingerprint density at radius 1 is 0.971 bits per heavy atom. The number of carbonyl (C=O) groups is 3. The Labute approximate surface area is 217 Å². The molecule has 0 spiro atoms. The van der Waals surface area contributed by atoms with Crippen molar-refractivity contribution >= 4 is 40.5 Å². The summed E-state index contributed by atoms with van der Waals surface area (Å²) < 4.78 is 6.52. The molecule has 0 saturated heterocycles. The molecule has 7 nitrogen and oxygen atoms in total. The molecule has 0 bridgehead atoms. The van der Waals surface area contributed by atoms with Crippen LogP contribution in [0.2, 0.25) is 0 Å². The molecule has 0 unspecified atom stereocenters. The Kier molecular flexibility index (Phi) is 8.02. The van der Waals surface area contributed by atoms with Gasteiger partial charge in [-0.15, -0.1) is 0 Å². The highest BCUT2D eigenvalue weighted by atomic mass is 127. The van der Waals surface area contributed by atoms with E-state index in [1.165, 1.54) is 4.90 Å². The fourth-order valence-electron chi connectivity index (χ4n) is 4.13. The number of hydrogen-bond acceptors (Lipinski definition) is 4. The second-order valence-corrected chi connectivity index (χ2v) is 9.58. The van der Waals surface area contributed by atoms with Gasteiger partial charge in [0.25, 0.3) is 0 Å². The summed E-state index contributed by atoms with van der Waals surface area (Å²) in [7, 11) is 0. The molecule has 3 amide bonds. The van der Waals surface area contributed by atoms with Crippen LogP contribution in [0.4, 0.5) is 4.79 Å². The van der Waals surface area contributed by atoms with E-state index in [1.54, 1.807) is 0 Å². The first-order valence-corrected chi connectivity index (χ1v) is 12.4. The van der Waals surface area contributed by atoms with Gasteiger partial charge in [-0.25, -0.2) is 4.79 Å². The van der Waals surface area contributed by atoms with Crippen molar-refractivity contribution in [3.8, 4) is 0 Å². The van der Waals surface area contributed by atoms with Gasteiger partial charge in [0.15, 0.2) is 0 Å². The minimum Gasteiger partial charge on any atom is -0.445 e. The number of carbonyl (C=O) groups excluding carboxylic acids is 3. The van der Waals surface area contributed by atoms with E-state index < -0.39 is 30.0 Å². The normalized spacial score (nSPS) is 15.6. The van der Waals surface area contributed by atoms with E-state index in [4.69, 9.17) is 10.5 Å². The monoisotopic (exact) mass is 583 g/mol. The summed E-state index contributed by atoms with van der Waals surface area (Å²) in [4.78, 5) is 40.1. The zero-order valence-electron chi connectivity index (χ0n) is 19.0.